The number of aromatic nitrogens is 1. The summed E-state index contributed by atoms with van der Waals surface area (Å²) in [6.07, 6.45) is 1.99. The van der Waals surface area contributed by atoms with Crippen LogP contribution in [-0.2, 0) is 4.74 Å². The Balaban J connectivity index is 1.56. The van der Waals surface area contributed by atoms with Gasteiger partial charge >= 0.3 is 6.09 Å². The molecule has 7 nitrogen and oxygen atoms in total. The summed E-state index contributed by atoms with van der Waals surface area (Å²) in [6.45, 7) is 8.99. The Labute approximate surface area is 190 Å². The predicted octanol–water partition coefficient (Wildman–Crippen LogP) is 4.35. The highest BCUT2D eigenvalue weighted by atomic mass is 127. The van der Waals surface area contributed by atoms with Crippen molar-refractivity contribution < 1.29 is 14.3 Å². The molecule has 30 heavy (non-hydrogen) atoms. The van der Waals surface area contributed by atoms with E-state index in [0.29, 0.717) is 12.1 Å². The predicted molar refractivity (Wildman–Crippen MR) is 126 cm³/mol. The Morgan fingerprint density at radius 2 is 2.00 bits per heavy atom. The first-order valence-corrected chi connectivity index (χ1v) is 11.0. The van der Waals surface area contributed by atoms with Crippen molar-refractivity contribution in [1.82, 2.24) is 10.3 Å². The molecule has 0 unspecified atom stereocenters. The summed E-state index contributed by atoms with van der Waals surface area (Å²) < 4.78 is 6.42. The highest BCUT2D eigenvalue weighted by Gasteiger charge is 2.27. The number of aryl methyl sites for hydroxylation is 1. The third-order valence-electron chi connectivity index (χ3n) is 4.67. The molecule has 2 amide bonds. The van der Waals surface area contributed by atoms with Gasteiger partial charge in [0, 0.05) is 28.5 Å². The van der Waals surface area contributed by atoms with E-state index in [9.17, 15) is 9.59 Å². The average Bonchev–Trinajstić information content (AvgIpc) is 3.11. The van der Waals surface area contributed by atoms with E-state index in [-0.39, 0.29) is 11.9 Å². The van der Waals surface area contributed by atoms with Gasteiger partial charge in [0.25, 0.3) is 5.91 Å². The number of rotatable bonds is 4. The summed E-state index contributed by atoms with van der Waals surface area (Å²) in [5, 5.41) is 5.81. The Kier molecular flexibility index (Phi) is 6.84. The lowest BCUT2D eigenvalue weighted by molar-refractivity contribution is 0.0509. The molecule has 0 spiro atoms. The van der Waals surface area contributed by atoms with Gasteiger partial charge in [-0.15, -0.1) is 0 Å². The number of alkyl carbamates (subject to hydrolysis) is 1. The topological polar surface area (TPSA) is 83.6 Å². The van der Waals surface area contributed by atoms with Gasteiger partial charge in [-0.05, 0) is 86.5 Å². The van der Waals surface area contributed by atoms with Crippen LogP contribution in [0.25, 0.3) is 0 Å². The molecule has 0 bridgehead atoms. The van der Waals surface area contributed by atoms with Gasteiger partial charge < -0.3 is 20.3 Å². The molecule has 1 aromatic heterocycles. The fraction of sp³-hybridized carbons (Fsp3) is 0.409. The molecule has 1 aromatic carbocycles. The standard InChI is InChI=1S/C22H27IN4O3/c1-14-5-7-16(11-18(14)23)25-20(28)15-6-8-19(24-12-15)27-10-9-17(13-27)26-21(29)30-22(2,3)4/h5-8,11-12,17H,9-10,13H2,1-4H3,(H,25,28)(H,26,29)/t17-/m0/s1. The van der Waals surface area contributed by atoms with E-state index >= 15 is 0 Å². The van der Waals surface area contributed by atoms with Crippen molar-refractivity contribution in [2.24, 2.45) is 0 Å². The van der Waals surface area contributed by atoms with Crippen molar-refractivity contribution in [2.45, 2.75) is 45.8 Å². The summed E-state index contributed by atoms with van der Waals surface area (Å²) in [5.41, 5.74) is 1.91. The van der Waals surface area contributed by atoms with Crippen LogP contribution in [0.1, 0.15) is 43.1 Å². The maximum absolute atomic E-state index is 12.5. The lowest BCUT2D eigenvalue weighted by Crippen LogP contribution is -2.40. The Hall–Kier alpha value is -2.36. The van der Waals surface area contributed by atoms with Gasteiger partial charge in [-0.25, -0.2) is 9.78 Å². The van der Waals surface area contributed by atoms with Gasteiger partial charge in [0.1, 0.15) is 11.4 Å². The van der Waals surface area contributed by atoms with Crippen LogP contribution in [0.4, 0.5) is 16.3 Å². The highest BCUT2D eigenvalue weighted by molar-refractivity contribution is 14.1. The quantitative estimate of drug-likeness (QED) is 0.584. The first-order valence-electron chi connectivity index (χ1n) is 9.89. The van der Waals surface area contributed by atoms with Crippen LogP contribution in [0.5, 0.6) is 0 Å². The smallest absolute Gasteiger partial charge is 0.407 e. The van der Waals surface area contributed by atoms with Gasteiger partial charge in [-0.2, -0.15) is 0 Å². The second-order valence-electron chi connectivity index (χ2n) is 8.40. The molecule has 0 aliphatic carbocycles. The number of amides is 2. The minimum atomic E-state index is -0.517. The van der Waals surface area contributed by atoms with Crippen LogP contribution >= 0.6 is 22.6 Å². The lowest BCUT2D eigenvalue weighted by Gasteiger charge is -2.22. The van der Waals surface area contributed by atoms with E-state index in [0.717, 1.165) is 28.0 Å². The molecule has 3 rings (SSSR count). The molecule has 2 heterocycles. The Bertz CT molecular complexity index is 925. The number of ether oxygens (including phenoxy) is 1. The molecule has 2 aromatic rings. The molecule has 0 radical (unpaired) electrons. The number of benzene rings is 1. The summed E-state index contributed by atoms with van der Waals surface area (Å²) in [4.78, 5) is 31.0. The van der Waals surface area contributed by atoms with Gasteiger partial charge in [0.2, 0.25) is 0 Å². The van der Waals surface area contributed by atoms with Crippen molar-refractivity contribution in [1.29, 1.82) is 0 Å². The van der Waals surface area contributed by atoms with Crippen molar-refractivity contribution in [3.8, 4) is 0 Å². The van der Waals surface area contributed by atoms with Crippen molar-refractivity contribution in [3.63, 3.8) is 0 Å². The first-order chi connectivity index (χ1) is 14.1. The Morgan fingerprint density at radius 3 is 2.63 bits per heavy atom. The fourth-order valence-electron chi connectivity index (χ4n) is 3.14. The third kappa shape index (κ3) is 6.07. The van der Waals surface area contributed by atoms with Crippen LogP contribution in [0.3, 0.4) is 0 Å². The average molecular weight is 522 g/mol. The second kappa shape index (κ2) is 9.20. The van der Waals surface area contributed by atoms with E-state index in [1.165, 1.54) is 5.56 Å². The minimum Gasteiger partial charge on any atom is -0.444 e. The van der Waals surface area contributed by atoms with Crippen LogP contribution in [0.2, 0.25) is 0 Å². The normalized spacial score (nSPS) is 16.3. The molecule has 0 saturated carbocycles. The van der Waals surface area contributed by atoms with E-state index in [2.05, 4.69) is 43.1 Å². The third-order valence-corrected chi connectivity index (χ3v) is 5.84. The first kappa shape index (κ1) is 22.3. The molecule has 1 aliphatic heterocycles. The Morgan fingerprint density at radius 1 is 1.23 bits per heavy atom. The van der Waals surface area contributed by atoms with Crippen LogP contribution in [0, 0.1) is 10.5 Å². The molecule has 2 N–H and O–H groups in total. The summed E-state index contributed by atoms with van der Waals surface area (Å²) >= 11 is 2.25. The van der Waals surface area contributed by atoms with Crippen molar-refractivity contribution in [2.75, 3.05) is 23.3 Å². The largest absolute Gasteiger partial charge is 0.444 e. The summed E-state index contributed by atoms with van der Waals surface area (Å²) in [5.74, 6) is 0.588. The number of anilines is 2. The molecular formula is C22H27IN4O3. The zero-order valence-electron chi connectivity index (χ0n) is 17.7. The minimum absolute atomic E-state index is 0.00800. The number of carbonyl (C=O) groups excluding carboxylic acids is 2. The highest BCUT2D eigenvalue weighted by Crippen LogP contribution is 2.20. The van der Waals surface area contributed by atoms with Gasteiger partial charge in [0.05, 0.1) is 11.6 Å². The molecular weight excluding hydrogens is 495 g/mol. The lowest BCUT2D eigenvalue weighted by atomic mass is 10.2. The van der Waals surface area contributed by atoms with E-state index < -0.39 is 11.7 Å². The number of hydrogen-bond donors (Lipinski definition) is 2. The monoisotopic (exact) mass is 522 g/mol. The SMILES string of the molecule is Cc1ccc(NC(=O)c2ccc(N3CC[C@H](NC(=O)OC(C)(C)C)C3)nc2)cc1I. The van der Waals surface area contributed by atoms with Gasteiger partial charge in [0.15, 0.2) is 0 Å². The van der Waals surface area contributed by atoms with E-state index in [4.69, 9.17) is 4.74 Å². The second-order valence-corrected chi connectivity index (χ2v) is 9.56. The number of nitrogens with one attached hydrogen (secondary N) is 2. The zero-order chi connectivity index (χ0) is 21.9. The molecule has 1 aliphatic rings. The maximum Gasteiger partial charge on any atom is 0.407 e. The van der Waals surface area contributed by atoms with E-state index in [1.807, 2.05) is 52.0 Å². The van der Waals surface area contributed by atoms with Crippen LogP contribution in [-0.4, -0.2) is 41.7 Å². The van der Waals surface area contributed by atoms with Crippen LogP contribution in [0.15, 0.2) is 36.5 Å². The molecule has 1 atom stereocenters. The molecule has 8 heteroatoms. The van der Waals surface area contributed by atoms with Gasteiger partial charge in [-0.1, -0.05) is 6.07 Å². The maximum atomic E-state index is 12.5. The van der Waals surface area contributed by atoms with Gasteiger partial charge in [-0.3, -0.25) is 4.79 Å². The van der Waals surface area contributed by atoms with Crippen molar-refractivity contribution in [3.05, 3.63) is 51.2 Å². The number of pyridine rings is 1. The number of halogens is 1. The molecule has 160 valence electrons. The number of nitrogens with zero attached hydrogens (tertiary/aromatic N) is 2. The summed E-state index contributed by atoms with van der Waals surface area (Å²) in [7, 11) is 0. The number of hydrogen-bond acceptors (Lipinski definition) is 5. The van der Waals surface area contributed by atoms with Crippen molar-refractivity contribution >= 4 is 46.1 Å². The molecule has 1 saturated heterocycles. The van der Waals surface area contributed by atoms with E-state index in [1.54, 1.807) is 12.3 Å². The number of carbonyl (C=O) groups is 2. The molecule has 1 fully saturated rings. The van der Waals surface area contributed by atoms with Crippen LogP contribution < -0.4 is 15.5 Å². The fourth-order valence-corrected chi connectivity index (χ4v) is 3.66. The summed E-state index contributed by atoms with van der Waals surface area (Å²) in [6, 6.07) is 9.42. The zero-order valence-corrected chi connectivity index (χ0v) is 19.8.